The first-order chi connectivity index (χ1) is 12.7. The number of hydrogen-bond acceptors (Lipinski definition) is 6. The summed E-state index contributed by atoms with van der Waals surface area (Å²) < 4.78 is 53.9. The maximum Gasteiger partial charge on any atom is 0.244 e. The zero-order chi connectivity index (χ0) is 19.7. The minimum atomic E-state index is -3.82. The Morgan fingerprint density at radius 2 is 1.52 bits per heavy atom. The Bertz CT molecular complexity index is 1010. The molecule has 0 saturated heterocycles. The first-order valence-corrected chi connectivity index (χ1v) is 11.6. The molecule has 0 amide bonds. The molecule has 1 aliphatic rings. The number of aromatic nitrogens is 2. The maximum atomic E-state index is 12.8. The van der Waals surface area contributed by atoms with Crippen molar-refractivity contribution in [3.63, 3.8) is 0 Å². The fourth-order valence-electron chi connectivity index (χ4n) is 2.41. The van der Waals surface area contributed by atoms with Crippen molar-refractivity contribution in [1.29, 1.82) is 0 Å². The van der Waals surface area contributed by atoms with Crippen LogP contribution in [0, 0.1) is 0 Å². The van der Waals surface area contributed by atoms with Gasteiger partial charge in [-0.15, -0.1) is 0 Å². The van der Waals surface area contributed by atoms with Crippen molar-refractivity contribution in [2.75, 3.05) is 13.1 Å². The van der Waals surface area contributed by atoms with Gasteiger partial charge in [-0.05, 0) is 37.1 Å². The number of nitrogens with zero attached hydrogens (tertiary/aromatic N) is 3. The molecule has 3 rings (SSSR count). The second-order valence-corrected chi connectivity index (χ2v) is 10.3. The lowest BCUT2D eigenvalue weighted by Gasteiger charge is -2.22. The van der Waals surface area contributed by atoms with Crippen LogP contribution in [0.2, 0.25) is 10.3 Å². The standard InChI is InChI=1S/C15H16Cl2N4O4S2/c16-14-5-3-12(9-18-14)26(22,23)20-7-8-21(11-1-2-11)27(24,25)13-4-6-15(17)19-10-13/h3-6,9-11,20H,1-2,7-8H2. The van der Waals surface area contributed by atoms with Crippen LogP contribution in [-0.2, 0) is 20.0 Å². The Morgan fingerprint density at radius 1 is 0.963 bits per heavy atom. The summed E-state index contributed by atoms with van der Waals surface area (Å²) in [5.74, 6) is 0. The van der Waals surface area contributed by atoms with Crippen molar-refractivity contribution in [2.45, 2.75) is 28.7 Å². The minimum absolute atomic E-state index is 0.00409. The quantitative estimate of drug-likeness (QED) is 0.615. The van der Waals surface area contributed by atoms with Crippen LogP contribution in [0.5, 0.6) is 0 Å². The van der Waals surface area contributed by atoms with Gasteiger partial charge in [0.2, 0.25) is 20.0 Å². The van der Waals surface area contributed by atoms with Gasteiger partial charge >= 0.3 is 0 Å². The largest absolute Gasteiger partial charge is 0.244 e. The summed E-state index contributed by atoms with van der Waals surface area (Å²) in [6.07, 6.45) is 3.79. The Kier molecular flexibility index (Phi) is 6.04. The van der Waals surface area contributed by atoms with E-state index in [2.05, 4.69) is 14.7 Å². The van der Waals surface area contributed by atoms with E-state index in [1.807, 2.05) is 0 Å². The molecule has 0 aliphatic heterocycles. The van der Waals surface area contributed by atoms with Gasteiger partial charge in [0.1, 0.15) is 20.1 Å². The lowest BCUT2D eigenvalue weighted by molar-refractivity contribution is 0.405. The van der Waals surface area contributed by atoms with Crippen LogP contribution in [0.15, 0.2) is 46.5 Å². The monoisotopic (exact) mass is 450 g/mol. The molecule has 2 aromatic heterocycles. The van der Waals surface area contributed by atoms with Crippen LogP contribution < -0.4 is 4.72 Å². The van der Waals surface area contributed by atoms with Crippen LogP contribution in [0.4, 0.5) is 0 Å². The molecule has 1 aliphatic carbocycles. The number of hydrogen-bond donors (Lipinski definition) is 1. The number of sulfonamides is 2. The Hall–Kier alpha value is -1.30. The average molecular weight is 451 g/mol. The van der Waals surface area contributed by atoms with Gasteiger partial charge in [-0.25, -0.2) is 31.5 Å². The van der Waals surface area contributed by atoms with E-state index in [9.17, 15) is 16.8 Å². The van der Waals surface area contributed by atoms with Gasteiger partial charge in [0, 0.05) is 31.5 Å². The van der Waals surface area contributed by atoms with Crippen LogP contribution in [0.3, 0.4) is 0 Å². The van der Waals surface area contributed by atoms with Gasteiger partial charge in [-0.3, -0.25) is 0 Å². The third-order valence-corrected chi connectivity index (χ3v) is 7.72. The molecule has 0 unspecified atom stereocenters. The number of nitrogens with one attached hydrogen (secondary N) is 1. The second kappa shape index (κ2) is 7.98. The SMILES string of the molecule is O=S(=O)(NCCN(C1CC1)S(=O)(=O)c1ccc(Cl)nc1)c1ccc(Cl)nc1. The van der Waals surface area contributed by atoms with E-state index in [4.69, 9.17) is 23.2 Å². The van der Waals surface area contributed by atoms with Crippen molar-refractivity contribution in [3.8, 4) is 0 Å². The van der Waals surface area contributed by atoms with Crippen molar-refractivity contribution >= 4 is 43.2 Å². The lowest BCUT2D eigenvalue weighted by Crippen LogP contribution is -2.40. The molecule has 0 bridgehead atoms. The molecule has 1 fully saturated rings. The molecule has 0 atom stereocenters. The topological polar surface area (TPSA) is 109 Å². The van der Waals surface area contributed by atoms with Crippen molar-refractivity contribution < 1.29 is 16.8 Å². The normalized spacial score (nSPS) is 15.2. The van der Waals surface area contributed by atoms with Gasteiger partial charge in [0.25, 0.3) is 0 Å². The first kappa shape index (κ1) is 20.4. The van der Waals surface area contributed by atoms with Crippen LogP contribution in [0.25, 0.3) is 0 Å². The first-order valence-electron chi connectivity index (χ1n) is 7.95. The van der Waals surface area contributed by atoms with Gasteiger partial charge < -0.3 is 0 Å². The molecule has 0 spiro atoms. The molecule has 146 valence electrons. The van der Waals surface area contributed by atoms with Gasteiger partial charge in [0.15, 0.2) is 0 Å². The molecule has 12 heteroatoms. The molecular formula is C15H16Cl2N4O4S2. The third-order valence-electron chi connectivity index (χ3n) is 3.90. The van der Waals surface area contributed by atoms with Crippen LogP contribution in [-0.4, -0.2) is 50.2 Å². The van der Waals surface area contributed by atoms with Gasteiger partial charge in [-0.2, -0.15) is 4.31 Å². The van der Waals surface area contributed by atoms with Crippen LogP contribution >= 0.6 is 23.2 Å². The predicted octanol–water partition coefficient (Wildman–Crippen LogP) is 1.91. The summed E-state index contributed by atoms with van der Waals surface area (Å²) in [4.78, 5) is 7.51. The molecule has 2 heterocycles. The lowest BCUT2D eigenvalue weighted by atomic mass is 10.5. The van der Waals surface area contributed by atoms with E-state index in [1.165, 1.54) is 34.8 Å². The summed E-state index contributed by atoms with van der Waals surface area (Å²) in [6, 6.07) is 5.32. The second-order valence-electron chi connectivity index (χ2n) is 5.88. The molecule has 0 aromatic carbocycles. The maximum absolute atomic E-state index is 12.8. The Morgan fingerprint density at radius 3 is 2.00 bits per heavy atom. The zero-order valence-corrected chi connectivity index (χ0v) is 17.1. The minimum Gasteiger partial charge on any atom is -0.243 e. The highest BCUT2D eigenvalue weighted by Gasteiger charge is 2.38. The summed E-state index contributed by atoms with van der Waals surface area (Å²) >= 11 is 11.4. The Balaban J connectivity index is 1.70. The number of halogens is 2. The van der Waals surface area contributed by atoms with E-state index >= 15 is 0 Å². The van der Waals surface area contributed by atoms with Gasteiger partial charge in [0.05, 0.1) is 0 Å². The summed E-state index contributed by atoms with van der Waals surface area (Å²) in [5, 5.41) is 0.368. The molecule has 0 radical (unpaired) electrons. The van der Waals surface area contributed by atoms with Crippen molar-refractivity contribution in [3.05, 3.63) is 47.0 Å². The molecular weight excluding hydrogens is 435 g/mol. The third kappa shape index (κ3) is 4.95. The molecule has 8 nitrogen and oxygen atoms in total. The predicted molar refractivity (Wildman–Crippen MR) is 101 cm³/mol. The van der Waals surface area contributed by atoms with E-state index in [1.54, 1.807) is 0 Å². The molecule has 1 N–H and O–H groups in total. The van der Waals surface area contributed by atoms with Crippen molar-refractivity contribution in [2.24, 2.45) is 0 Å². The summed E-state index contributed by atoms with van der Waals surface area (Å²) in [7, 11) is -7.61. The molecule has 1 saturated carbocycles. The Labute approximate surface area is 167 Å². The number of rotatable bonds is 8. The molecule has 27 heavy (non-hydrogen) atoms. The highest BCUT2D eigenvalue weighted by Crippen LogP contribution is 2.31. The van der Waals surface area contributed by atoms with Gasteiger partial charge in [-0.1, -0.05) is 23.2 Å². The fourth-order valence-corrected chi connectivity index (χ4v) is 5.23. The summed E-state index contributed by atoms with van der Waals surface area (Å²) in [5.41, 5.74) is 0. The highest BCUT2D eigenvalue weighted by atomic mass is 35.5. The van der Waals surface area contributed by atoms with E-state index in [0.29, 0.717) is 0 Å². The van der Waals surface area contributed by atoms with E-state index < -0.39 is 20.0 Å². The summed E-state index contributed by atoms with van der Waals surface area (Å²) in [6.45, 7) is -0.0857. The number of pyridine rings is 2. The zero-order valence-electron chi connectivity index (χ0n) is 13.9. The highest BCUT2D eigenvalue weighted by molar-refractivity contribution is 7.89. The smallest absolute Gasteiger partial charge is 0.243 e. The average Bonchev–Trinajstić information content (AvgIpc) is 3.44. The van der Waals surface area contributed by atoms with Crippen molar-refractivity contribution in [1.82, 2.24) is 19.0 Å². The van der Waals surface area contributed by atoms with E-state index in [-0.39, 0.29) is 39.2 Å². The van der Waals surface area contributed by atoms with Crippen LogP contribution in [0.1, 0.15) is 12.8 Å². The fraction of sp³-hybridized carbons (Fsp3) is 0.333. The van der Waals surface area contributed by atoms with E-state index in [0.717, 1.165) is 19.0 Å². The molecule has 2 aromatic rings.